The molecule has 0 aliphatic rings. The molecular weight excluding hydrogens is 276 g/mol. The molecule has 2 aromatic carbocycles. The first kappa shape index (κ1) is 12.3. The third kappa shape index (κ3) is 2.76. The molecule has 1 nitrogen and oxygen atoms in total. The van der Waals surface area contributed by atoms with Crippen LogP contribution in [-0.2, 0) is 0 Å². The van der Waals surface area contributed by atoms with Gasteiger partial charge in [0, 0.05) is 4.47 Å². The highest BCUT2D eigenvalue weighted by Gasteiger charge is 2.10. The molecule has 0 saturated heterocycles. The maximum absolute atomic E-state index is 10.3. The van der Waals surface area contributed by atoms with Crippen molar-refractivity contribution in [1.82, 2.24) is 0 Å². The van der Waals surface area contributed by atoms with E-state index in [-0.39, 0.29) is 0 Å². The molecule has 0 saturated carbocycles. The summed E-state index contributed by atoms with van der Waals surface area (Å²) in [7, 11) is 0. The van der Waals surface area contributed by atoms with E-state index in [4.69, 9.17) is 0 Å². The zero-order chi connectivity index (χ0) is 12.4. The largest absolute Gasteiger partial charge is 0.384 e. The second-order valence-electron chi connectivity index (χ2n) is 4.32. The number of halogens is 1. The van der Waals surface area contributed by atoms with Crippen molar-refractivity contribution >= 4 is 15.9 Å². The Bertz CT molecular complexity index is 517. The lowest BCUT2D eigenvalue weighted by Gasteiger charge is -2.13. The standard InChI is InChI=1S/C15H15BrO/c1-10-3-5-12(6-4-10)15(17)13-7-8-14(16)11(2)9-13/h3-9,15,17H,1-2H3. The fourth-order valence-electron chi connectivity index (χ4n) is 1.78. The van der Waals surface area contributed by atoms with E-state index in [0.29, 0.717) is 0 Å². The van der Waals surface area contributed by atoms with Crippen molar-refractivity contribution in [3.05, 3.63) is 69.2 Å². The summed E-state index contributed by atoms with van der Waals surface area (Å²) >= 11 is 3.46. The van der Waals surface area contributed by atoms with Crippen molar-refractivity contribution in [3.63, 3.8) is 0 Å². The minimum absolute atomic E-state index is 0.553. The van der Waals surface area contributed by atoms with Gasteiger partial charge in [0.25, 0.3) is 0 Å². The Kier molecular flexibility index (Phi) is 3.65. The maximum Gasteiger partial charge on any atom is 0.104 e. The predicted octanol–water partition coefficient (Wildman–Crippen LogP) is 4.15. The zero-order valence-corrected chi connectivity index (χ0v) is 11.5. The molecule has 88 valence electrons. The van der Waals surface area contributed by atoms with Crippen molar-refractivity contribution < 1.29 is 5.11 Å². The molecule has 0 aromatic heterocycles. The highest BCUT2D eigenvalue weighted by atomic mass is 79.9. The van der Waals surface area contributed by atoms with Gasteiger partial charge in [-0.2, -0.15) is 0 Å². The second-order valence-corrected chi connectivity index (χ2v) is 5.18. The van der Waals surface area contributed by atoms with Gasteiger partial charge in [-0.25, -0.2) is 0 Å². The van der Waals surface area contributed by atoms with E-state index in [2.05, 4.69) is 15.9 Å². The molecule has 2 rings (SSSR count). The number of aliphatic hydroxyl groups excluding tert-OH is 1. The van der Waals surface area contributed by atoms with E-state index in [1.165, 1.54) is 5.56 Å². The van der Waals surface area contributed by atoms with Gasteiger partial charge in [0.05, 0.1) is 0 Å². The average molecular weight is 291 g/mol. The summed E-state index contributed by atoms with van der Waals surface area (Å²) in [6.07, 6.45) is -0.553. The molecule has 17 heavy (non-hydrogen) atoms. The number of aryl methyl sites for hydroxylation is 2. The first-order chi connectivity index (χ1) is 8.08. The van der Waals surface area contributed by atoms with Crippen LogP contribution in [0.1, 0.15) is 28.4 Å². The first-order valence-electron chi connectivity index (χ1n) is 5.58. The van der Waals surface area contributed by atoms with Crippen LogP contribution in [-0.4, -0.2) is 5.11 Å². The molecular formula is C15H15BrO. The minimum Gasteiger partial charge on any atom is -0.384 e. The highest BCUT2D eigenvalue weighted by Crippen LogP contribution is 2.25. The molecule has 0 spiro atoms. The average Bonchev–Trinajstić information content (AvgIpc) is 2.33. The monoisotopic (exact) mass is 290 g/mol. The summed E-state index contributed by atoms with van der Waals surface area (Å²) in [4.78, 5) is 0. The second kappa shape index (κ2) is 5.03. The van der Waals surface area contributed by atoms with Crippen molar-refractivity contribution in [2.75, 3.05) is 0 Å². The number of hydrogen-bond donors (Lipinski definition) is 1. The van der Waals surface area contributed by atoms with E-state index < -0.39 is 6.10 Å². The molecule has 0 amide bonds. The van der Waals surface area contributed by atoms with Crippen LogP contribution in [0, 0.1) is 13.8 Å². The Morgan fingerprint density at radius 3 is 2.12 bits per heavy atom. The van der Waals surface area contributed by atoms with E-state index in [1.54, 1.807) is 0 Å². The molecule has 0 radical (unpaired) electrons. The molecule has 0 fully saturated rings. The van der Waals surface area contributed by atoms with Crippen LogP contribution in [0.4, 0.5) is 0 Å². The third-order valence-corrected chi connectivity index (χ3v) is 3.78. The van der Waals surface area contributed by atoms with Gasteiger partial charge in [0.15, 0.2) is 0 Å². The quantitative estimate of drug-likeness (QED) is 0.881. The minimum atomic E-state index is -0.553. The lowest BCUT2D eigenvalue weighted by molar-refractivity contribution is 0.220. The zero-order valence-electron chi connectivity index (χ0n) is 9.94. The molecule has 1 N–H and O–H groups in total. The molecule has 0 heterocycles. The molecule has 2 heteroatoms. The summed E-state index contributed by atoms with van der Waals surface area (Å²) in [5.74, 6) is 0. The summed E-state index contributed by atoms with van der Waals surface area (Å²) in [6.45, 7) is 4.06. The van der Waals surface area contributed by atoms with Crippen LogP contribution < -0.4 is 0 Å². The van der Waals surface area contributed by atoms with Gasteiger partial charge in [-0.1, -0.05) is 57.9 Å². The topological polar surface area (TPSA) is 20.2 Å². The van der Waals surface area contributed by atoms with Gasteiger partial charge >= 0.3 is 0 Å². The number of rotatable bonds is 2. The van der Waals surface area contributed by atoms with E-state index in [0.717, 1.165) is 21.2 Å². The fraction of sp³-hybridized carbons (Fsp3) is 0.200. The maximum atomic E-state index is 10.3. The van der Waals surface area contributed by atoms with Gasteiger partial charge in [0.1, 0.15) is 6.10 Å². The first-order valence-corrected chi connectivity index (χ1v) is 6.38. The number of aliphatic hydroxyl groups is 1. The van der Waals surface area contributed by atoms with Crippen LogP contribution in [0.25, 0.3) is 0 Å². The SMILES string of the molecule is Cc1ccc(C(O)c2ccc(Br)c(C)c2)cc1. The van der Waals surface area contributed by atoms with Gasteiger partial charge in [-0.3, -0.25) is 0 Å². The lowest BCUT2D eigenvalue weighted by atomic mass is 9.99. The summed E-state index contributed by atoms with van der Waals surface area (Å²) in [5, 5.41) is 10.3. The molecule has 0 aliphatic carbocycles. The number of hydrogen-bond acceptors (Lipinski definition) is 1. The summed E-state index contributed by atoms with van der Waals surface area (Å²) < 4.78 is 1.07. The van der Waals surface area contributed by atoms with Gasteiger partial charge in [-0.15, -0.1) is 0 Å². The van der Waals surface area contributed by atoms with E-state index in [1.807, 2.05) is 56.3 Å². The highest BCUT2D eigenvalue weighted by molar-refractivity contribution is 9.10. The Morgan fingerprint density at radius 1 is 0.941 bits per heavy atom. The van der Waals surface area contributed by atoms with E-state index in [9.17, 15) is 5.11 Å². The molecule has 1 atom stereocenters. The molecule has 0 bridgehead atoms. The number of benzene rings is 2. The Labute approximate surface area is 110 Å². The van der Waals surface area contributed by atoms with E-state index >= 15 is 0 Å². The van der Waals surface area contributed by atoms with Crippen molar-refractivity contribution in [1.29, 1.82) is 0 Å². The van der Waals surface area contributed by atoms with Crippen LogP contribution >= 0.6 is 15.9 Å². The lowest BCUT2D eigenvalue weighted by Crippen LogP contribution is -2.00. The van der Waals surface area contributed by atoms with Crippen LogP contribution in [0.5, 0.6) is 0 Å². The van der Waals surface area contributed by atoms with Crippen molar-refractivity contribution in [3.8, 4) is 0 Å². The molecule has 0 aliphatic heterocycles. The predicted molar refractivity (Wildman–Crippen MR) is 74.1 cm³/mol. The van der Waals surface area contributed by atoms with Crippen LogP contribution in [0.2, 0.25) is 0 Å². The van der Waals surface area contributed by atoms with Gasteiger partial charge < -0.3 is 5.11 Å². The summed E-state index contributed by atoms with van der Waals surface area (Å²) in [5.41, 5.74) is 4.19. The summed E-state index contributed by atoms with van der Waals surface area (Å²) in [6, 6.07) is 13.9. The Morgan fingerprint density at radius 2 is 1.53 bits per heavy atom. The van der Waals surface area contributed by atoms with Crippen molar-refractivity contribution in [2.24, 2.45) is 0 Å². The van der Waals surface area contributed by atoms with Gasteiger partial charge in [0.2, 0.25) is 0 Å². The molecule has 2 aromatic rings. The third-order valence-electron chi connectivity index (χ3n) is 2.89. The smallest absolute Gasteiger partial charge is 0.104 e. The normalized spacial score (nSPS) is 12.5. The van der Waals surface area contributed by atoms with Gasteiger partial charge in [-0.05, 0) is 36.6 Å². The Hall–Kier alpha value is -1.12. The van der Waals surface area contributed by atoms with Crippen LogP contribution in [0.15, 0.2) is 46.9 Å². The van der Waals surface area contributed by atoms with Crippen LogP contribution in [0.3, 0.4) is 0 Å². The molecule has 1 unspecified atom stereocenters. The fourth-order valence-corrected chi connectivity index (χ4v) is 2.03. The van der Waals surface area contributed by atoms with Crippen molar-refractivity contribution in [2.45, 2.75) is 20.0 Å². The Balaban J connectivity index is 2.33.